The topological polar surface area (TPSA) is 41.6 Å². The number of benzene rings is 2. The van der Waals surface area contributed by atoms with E-state index in [0.29, 0.717) is 24.4 Å². The Kier molecular flexibility index (Phi) is 5.25. The van der Waals surface area contributed by atoms with Gasteiger partial charge in [-0.1, -0.05) is 18.2 Å². The Hall–Kier alpha value is -2.21. The monoisotopic (exact) mass is 346 g/mol. The summed E-state index contributed by atoms with van der Waals surface area (Å²) in [6.07, 6.45) is 0. The second-order valence-electron chi connectivity index (χ2n) is 5.33. The number of rotatable bonds is 4. The van der Waals surface area contributed by atoms with Gasteiger partial charge in [-0.15, -0.1) is 11.8 Å². The molecule has 126 valence electrons. The van der Waals surface area contributed by atoms with E-state index in [1.807, 2.05) is 19.1 Å². The first-order valence-corrected chi connectivity index (χ1v) is 8.90. The lowest BCUT2D eigenvalue weighted by Crippen LogP contribution is -2.34. The predicted molar refractivity (Wildman–Crippen MR) is 94.9 cm³/mol. The van der Waals surface area contributed by atoms with Crippen molar-refractivity contribution in [3.63, 3.8) is 0 Å². The molecule has 2 amide bonds. The number of amides is 2. The zero-order chi connectivity index (χ0) is 16.9. The minimum absolute atomic E-state index is 0.225. The van der Waals surface area contributed by atoms with Crippen LogP contribution in [0.25, 0.3) is 0 Å². The second-order valence-corrected chi connectivity index (χ2v) is 6.51. The summed E-state index contributed by atoms with van der Waals surface area (Å²) >= 11 is 1.57. The largest absolute Gasteiger partial charge is 0.494 e. The summed E-state index contributed by atoms with van der Waals surface area (Å²) < 4.78 is 19.4. The van der Waals surface area contributed by atoms with Crippen molar-refractivity contribution in [2.45, 2.75) is 12.3 Å². The number of hydrogen-bond donors (Lipinski definition) is 1. The molecule has 1 aliphatic rings. The maximum Gasteiger partial charge on any atom is 0.323 e. The Labute approximate surface area is 145 Å². The quantitative estimate of drug-likeness (QED) is 0.886. The van der Waals surface area contributed by atoms with E-state index in [2.05, 4.69) is 5.32 Å². The van der Waals surface area contributed by atoms with Gasteiger partial charge >= 0.3 is 6.03 Å². The molecule has 1 atom stereocenters. The van der Waals surface area contributed by atoms with E-state index < -0.39 is 0 Å². The van der Waals surface area contributed by atoms with Crippen LogP contribution in [0.15, 0.2) is 48.5 Å². The van der Waals surface area contributed by atoms with Gasteiger partial charge in [0.2, 0.25) is 0 Å². The molecule has 2 aromatic rings. The molecule has 0 radical (unpaired) electrons. The number of carbonyl (C=O) groups is 1. The van der Waals surface area contributed by atoms with Gasteiger partial charge in [0.25, 0.3) is 0 Å². The highest BCUT2D eigenvalue weighted by atomic mass is 32.2. The van der Waals surface area contributed by atoms with Gasteiger partial charge in [-0.05, 0) is 37.3 Å². The summed E-state index contributed by atoms with van der Waals surface area (Å²) in [6, 6.07) is 13.6. The van der Waals surface area contributed by atoms with Crippen LogP contribution in [0.1, 0.15) is 17.9 Å². The molecular weight excluding hydrogens is 327 g/mol. The summed E-state index contributed by atoms with van der Waals surface area (Å²) in [5.74, 6) is 1.27. The van der Waals surface area contributed by atoms with E-state index in [9.17, 15) is 9.18 Å². The summed E-state index contributed by atoms with van der Waals surface area (Å²) in [7, 11) is 0. The third-order valence-electron chi connectivity index (χ3n) is 3.74. The number of carbonyl (C=O) groups excluding carboxylic acids is 1. The minimum Gasteiger partial charge on any atom is -0.494 e. The van der Waals surface area contributed by atoms with Gasteiger partial charge in [0.15, 0.2) is 0 Å². The Morgan fingerprint density at radius 3 is 2.75 bits per heavy atom. The standard InChI is InChI=1S/C18H19FN2O2S/c1-2-23-14-9-7-13(8-10-14)20-18(22)21-11-12-24-17(21)15-5-3-4-6-16(15)19/h3-10,17H,2,11-12H2,1H3,(H,20,22). The van der Waals surface area contributed by atoms with Crippen molar-refractivity contribution in [3.05, 3.63) is 59.9 Å². The van der Waals surface area contributed by atoms with Crippen LogP contribution in [-0.4, -0.2) is 29.8 Å². The number of nitrogens with zero attached hydrogens (tertiary/aromatic N) is 1. The fourth-order valence-corrected chi connectivity index (χ4v) is 3.88. The molecule has 1 N–H and O–H groups in total. The molecule has 0 aliphatic carbocycles. The maximum absolute atomic E-state index is 14.0. The summed E-state index contributed by atoms with van der Waals surface area (Å²) in [5.41, 5.74) is 1.23. The van der Waals surface area contributed by atoms with E-state index in [-0.39, 0.29) is 17.2 Å². The number of hydrogen-bond acceptors (Lipinski definition) is 3. The molecular formula is C18H19FN2O2S. The van der Waals surface area contributed by atoms with Crippen LogP contribution in [0.5, 0.6) is 5.75 Å². The Bertz CT molecular complexity index is 708. The molecule has 4 nitrogen and oxygen atoms in total. The molecule has 3 rings (SSSR count). The van der Waals surface area contributed by atoms with Gasteiger partial charge in [0.1, 0.15) is 16.9 Å². The first-order chi connectivity index (χ1) is 11.7. The summed E-state index contributed by atoms with van der Waals surface area (Å²) in [6.45, 7) is 3.11. The predicted octanol–water partition coefficient (Wildman–Crippen LogP) is 4.50. The van der Waals surface area contributed by atoms with Crippen LogP contribution < -0.4 is 10.1 Å². The average Bonchev–Trinajstić information content (AvgIpc) is 3.07. The smallest absolute Gasteiger partial charge is 0.323 e. The normalized spacial score (nSPS) is 16.9. The average molecular weight is 346 g/mol. The minimum atomic E-state index is -0.297. The lowest BCUT2D eigenvalue weighted by molar-refractivity contribution is 0.213. The molecule has 24 heavy (non-hydrogen) atoms. The van der Waals surface area contributed by atoms with Crippen LogP contribution in [0.4, 0.5) is 14.9 Å². The van der Waals surface area contributed by atoms with Gasteiger partial charge in [0.05, 0.1) is 6.61 Å². The van der Waals surface area contributed by atoms with Crippen molar-refractivity contribution in [1.82, 2.24) is 4.90 Å². The third kappa shape index (κ3) is 3.64. The van der Waals surface area contributed by atoms with Crippen LogP contribution in [0.3, 0.4) is 0 Å². The highest BCUT2D eigenvalue weighted by Gasteiger charge is 2.32. The number of nitrogens with one attached hydrogen (secondary N) is 1. The SMILES string of the molecule is CCOc1ccc(NC(=O)N2CCSC2c2ccccc2F)cc1. The highest BCUT2D eigenvalue weighted by molar-refractivity contribution is 7.99. The molecule has 0 aromatic heterocycles. The van der Waals surface area contributed by atoms with Crippen molar-refractivity contribution < 1.29 is 13.9 Å². The van der Waals surface area contributed by atoms with E-state index in [4.69, 9.17) is 4.74 Å². The lowest BCUT2D eigenvalue weighted by atomic mass is 10.2. The molecule has 1 aliphatic heterocycles. The summed E-state index contributed by atoms with van der Waals surface area (Å²) in [5, 5.41) is 2.57. The Morgan fingerprint density at radius 2 is 2.04 bits per heavy atom. The van der Waals surface area contributed by atoms with E-state index in [1.165, 1.54) is 6.07 Å². The number of halogens is 1. The fraction of sp³-hybridized carbons (Fsp3) is 0.278. The third-order valence-corrected chi connectivity index (χ3v) is 4.98. The Morgan fingerprint density at radius 1 is 1.29 bits per heavy atom. The van der Waals surface area contributed by atoms with Gasteiger partial charge in [-0.3, -0.25) is 0 Å². The lowest BCUT2D eigenvalue weighted by Gasteiger charge is -2.24. The molecule has 1 fully saturated rings. The van der Waals surface area contributed by atoms with Crippen LogP contribution in [0, 0.1) is 5.82 Å². The highest BCUT2D eigenvalue weighted by Crippen LogP contribution is 2.39. The number of urea groups is 1. The zero-order valence-corrected chi connectivity index (χ0v) is 14.2. The van der Waals surface area contributed by atoms with E-state index >= 15 is 0 Å². The molecule has 6 heteroatoms. The van der Waals surface area contributed by atoms with Crippen molar-refractivity contribution in [1.29, 1.82) is 0 Å². The first kappa shape index (κ1) is 16.6. The molecule has 0 spiro atoms. The molecule has 1 saturated heterocycles. The van der Waals surface area contributed by atoms with Gasteiger partial charge in [-0.25, -0.2) is 9.18 Å². The number of thioether (sulfide) groups is 1. The van der Waals surface area contributed by atoms with Crippen LogP contribution in [0.2, 0.25) is 0 Å². The Balaban J connectivity index is 1.71. The van der Waals surface area contributed by atoms with Crippen LogP contribution in [-0.2, 0) is 0 Å². The molecule has 0 bridgehead atoms. The van der Waals surface area contributed by atoms with Crippen molar-refractivity contribution >= 4 is 23.5 Å². The molecule has 1 heterocycles. The molecule has 2 aromatic carbocycles. The van der Waals surface area contributed by atoms with Crippen molar-refractivity contribution in [2.75, 3.05) is 24.2 Å². The number of anilines is 1. The maximum atomic E-state index is 14.0. The van der Waals surface area contributed by atoms with Crippen molar-refractivity contribution in [3.8, 4) is 5.75 Å². The molecule has 0 saturated carbocycles. The van der Waals surface area contributed by atoms with Gasteiger partial charge < -0.3 is 15.0 Å². The summed E-state index contributed by atoms with van der Waals surface area (Å²) in [4.78, 5) is 14.2. The van der Waals surface area contributed by atoms with Crippen LogP contribution >= 0.6 is 11.8 Å². The van der Waals surface area contributed by atoms with E-state index in [1.54, 1.807) is 47.0 Å². The van der Waals surface area contributed by atoms with Gasteiger partial charge in [-0.2, -0.15) is 0 Å². The zero-order valence-electron chi connectivity index (χ0n) is 13.4. The fourth-order valence-electron chi connectivity index (χ4n) is 2.61. The molecule has 1 unspecified atom stereocenters. The first-order valence-electron chi connectivity index (χ1n) is 7.85. The second kappa shape index (κ2) is 7.57. The van der Waals surface area contributed by atoms with Crippen molar-refractivity contribution in [2.24, 2.45) is 0 Å². The van der Waals surface area contributed by atoms with Gasteiger partial charge in [0, 0.05) is 23.5 Å². The number of ether oxygens (including phenoxy) is 1. The van der Waals surface area contributed by atoms with E-state index in [0.717, 1.165) is 11.5 Å².